The van der Waals surface area contributed by atoms with Gasteiger partial charge in [0.25, 0.3) is 0 Å². The van der Waals surface area contributed by atoms with Crippen molar-refractivity contribution < 1.29 is 17.9 Å². The van der Waals surface area contributed by atoms with E-state index in [-0.39, 0.29) is 6.17 Å². The monoisotopic (exact) mass is 389 g/mol. The zero-order valence-corrected chi connectivity index (χ0v) is 16.1. The molecular formula is C20H34F3N3O. The maximum atomic E-state index is 13.0. The van der Waals surface area contributed by atoms with Crippen LogP contribution in [0.15, 0.2) is 0 Å². The lowest BCUT2D eigenvalue weighted by Crippen LogP contribution is -2.68. The zero-order valence-electron chi connectivity index (χ0n) is 16.1. The molecule has 27 heavy (non-hydrogen) atoms. The number of fused-ring (bicyclic) bond motifs is 1. The fraction of sp³-hybridized carbons (Fsp3) is 1.00. The Morgan fingerprint density at radius 2 is 1.59 bits per heavy atom. The number of rotatable bonds is 4. The average molecular weight is 390 g/mol. The molecule has 5 unspecified atom stereocenters. The highest BCUT2D eigenvalue weighted by molar-refractivity contribution is 4.97. The molecule has 4 aliphatic rings. The minimum atomic E-state index is -4.02. The fourth-order valence-electron chi connectivity index (χ4n) is 5.99. The maximum Gasteiger partial charge on any atom is 0.391 e. The van der Waals surface area contributed by atoms with Crippen molar-refractivity contribution in [3.63, 3.8) is 0 Å². The Morgan fingerprint density at radius 3 is 2.26 bits per heavy atom. The van der Waals surface area contributed by atoms with E-state index in [1.165, 1.54) is 25.7 Å². The first-order valence-corrected chi connectivity index (χ1v) is 10.9. The van der Waals surface area contributed by atoms with Gasteiger partial charge in [0, 0.05) is 19.2 Å². The third-order valence-electron chi connectivity index (χ3n) is 7.50. The second-order valence-electron chi connectivity index (χ2n) is 9.10. The van der Waals surface area contributed by atoms with Crippen LogP contribution in [0.2, 0.25) is 0 Å². The van der Waals surface area contributed by atoms with Crippen LogP contribution in [-0.4, -0.2) is 37.6 Å². The molecule has 2 saturated carbocycles. The molecule has 0 aromatic heterocycles. The van der Waals surface area contributed by atoms with E-state index in [4.69, 9.17) is 4.74 Å². The number of halogens is 3. The number of hydrogen-bond acceptors (Lipinski definition) is 4. The molecule has 4 nitrogen and oxygen atoms in total. The first-order chi connectivity index (χ1) is 13.0. The molecule has 2 aliphatic heterocycles. The van der Waals surface area contributed by atoms with Crippen molar-refractivity contribution in [2.75, 3.05) is 13.2 Å². The standard InChI is InChI=1S/C20H34F3N3O/c21-20(22,23)14-9-7-13(8-10-14)18-16-5-1-2-6-17(16)19(26-25-18)24-12-15-4-3-11-27-15/h13-19,24-26H,1-12H2. The Hall–Kier alpha value is -0.370. The van der Waals surface area contributed by atoms with Gasteiger partial charge < -0.3 is 4.74 Å². The topological polar surface area (TPSA) is 45.3 Å². The Labute approximate surface area is 160 Å². The van der Waals surface area contributed by atoms with Crippen molar-refractivity contribution >= 4 is 0 Å². The summed E-state index contributed by atoms with van der Waals surface area (Å²) in [5.41, 5.74) is 7.02. The van der Waals surface area contributed by atoms with Crippen molar-refractivity contribution in [3.05, 3.63) is 0 Å². The van der Waals surface area contributed by atoms with E-state index in [0.29, 0.717) is 55.6 Å². The molecule has 0 amide bonds. The van der Waals surface area contributed by atoms with Gasteiger partial charge in [0.05, 0.1) is 18.2 Å². The second-order valence-corrected chi connectivity index (χ2v) is 9.10. The zero-order chi connectivity index (χ0) is 18.9. The van der Waals surface area contributed by atoms with E-state index < -0.39 is 12.1 Å². The molecule has 3 N–H and O–H groups in total. The summed E-state index contributed by atoms with van der Waals surface area (Å²) in [6, 6.07) is 0.310. The molecule has 5 atom stereocenters. The summed E-state index contributed by atoms with van der Waals surface area (Å²) in [7, 11) is 0. The number of alkyl halides is 3. The van der Waals surface area contributed by atoms with Gasteiger partial charge in [-0.15, -0.1) is 0 Å². The van der Waals surface area contributed by atoms with Crippen LogP contribution in [0.5, 0.6) is 0 Å². The van der Waals surface area contributed by atoms with E-state index in [9.17, 15) is 13.2 Å². The molecule has 4 fully saturated rings. The average Bonchev–Trinajstić information content (AvgIpc) is 3.19. The quantitative estimate of drug-likeness (QED) is 0.686. The van der Waals surface area contributed by atoms with E-state index in [2.05, 4.69) is 16.2 Å². The van der Waals surface area contributed by atoms with Crippen LogP contribution in [0, 0.1) is 23.7 Å². The molecule has 2 saturated heterocycles. The van der Waals surface area contributed by atoms with Gasteiger partial charge in [-0.1, -0.05) is 12.8 Å². The summed E-state index contributed by atoms with van der Waals surface area (Å²) in [6.07, 6.45) is 5.71. The smallest absolute Gasteiger partial charge is 0.377 e. The van der Waals surface area contributed by atoms with Gasteiger partial charge in [-0.25, -0.2) is 5.43 Å². The van der Waals surface area contributed by atoms with Gasteiger partial charge in [-0.2, -0.15) is 13.2 Å². The van der Waals surface area contributed by atoms with Crippen LogP contribution in [0.1, 0.15) is 64.2 Å². The first kappa shape index (κ1) is 19.9. The second kappa shape index (κ2) is 8.56. The number of ether oxygens (including phenoxy) is 1. The third kappa shape index (κ3) is 4.62. The van der Waals surface area contributed by atoms with Crippen LogP contribution in [0.3, 0.4) is 0 Å². The van der Waals surface area contributed by atoms with Gasteiger partial charge in [0.2, 0.25) is 0 Å². The molecule has 0 aromatic rings. The maximum absolute atomic E-state index is 13.0. The van der Waals surface area contributed by atoms with E-state index in [1.54, 1.807) is 0 Å². The third-order valence-corrected chi connectivity index (χ3v) is 7.50. The lowest BCUT2D eigenvalue weighted by atomic mass is 9.66. The number of hydrazine groups is 1. The Bertz CT molecular complexity index is 476. The van der Waals surface area contributed by atoms with Gasteiger partial charge in [-0.05, 0) is 69.1 Å². The highest BCUT2D eigenvalue weighted by Gasteiger charge is 2.47. The van der Waals surface area contributed by atoms with Gasteiger partial charge in [0.1, 0.15) is 0 Å². The summed E-state index contributed by atoms with van der Waals surface area (Å²) in [5.74, 6) is 0.398. The lowest BCUT2D eigenvalue weighted by Gasteiger charge is -2.50. The Balaban J connectivity index is 1.34. The molecule has 7 heteroatoms. The molecule has 156 valence electrons. The Morgan fingerprint density at radius 1 is 0.852 bits per heavy atom. The fourth-order valence-corrected chi connectivity index (χ4v) is 5.99. The number of hydrogen-bond donors (Lipinski definition) is 3. The first-order valence-electron chi connectivity index (χ1n) is 10.9. The number of nitrogens with one attached hydrogen (secondary N) is 3. The highest BCUT2D eigenvalue weighted by Crippen LogP contribution is 2.45. The molecule has 2 aliphatic carbocycles. The van der Waals surface area contributed by atoms with Crippen molar-refractivity contribution in [3.8, 4) is 0 Å². The van der Waals surface area contributed by atoms with Crippen LogP contribution >= 0.6 is 0 Å². The summed E-state index contributed by atoms with van der Waals surface area (Å²) in [4.78, 5) is 0. The predicted octanol–water partition coefficient (Wildman–Crippen LogP) is 3.73. The lowest BCUT2D eigenvalue weighted by molar-refractivity contribution is -0.185. The summed E-state index contributed by atoms with van der Waals surface area (Å²) in [6.45, 7) is 1.75. The normalized spacial score (nSPS) is 43.4. The SMILES string of the molecule is FC(F)(F)C1CCC(C2NNC(NCC3CCCO3)C3CCCCC32)CC1. The summed E-state index contributed by atoms with van der Waals surface area (Å²) >= 11 is 0. The summed E-state index contributed by atoms with van der Waals surface area (Å²) < 4.78 is 44.7. The minimum absolute atomic E-state index is 0.238. The van der Waals surface area contributed by atoms with Crippen molar-refractivity contribution in [1.29, 1.82) is 0 Å². The van der Waals surface area contributed by atoms with E-state index in [1.807, 2.05) is 0 Å². The van der Waals surface area contributed by atoms with E-state index >= 15 is 0 Å². The minimum Gasteiger partial charge on any atom is -0.377 e. The highest BCUT2D eigenvalue weighted by atomic mass is 19.4. The van der Waals surface area contributed by atoms with Crippen molar-refractivity contribution in [2.24, 2.45) is 23.7 Å². The van der Waals surface area contributed by atoms with E-state index in [0.717, 1.165) is 26.0 Å². The van der Waals surface area contributed by atoms with Crippen LogP contribution in [0.4, 0.5) is 13.2 Å². The molecule has 0 spiro atoms. The predicted molar refractivity (Wildman–Crippen MR) is 97.8 cm³/mol. The van der Waals surface area contributed by atoms with Crippen LogP contribution in [-0.2, 0) is 4.74 Å². The molecule has 4 rings (SSSR count). The van der Waals surface area contributed by atoms with Crippen molar-refractivity contribution in [1.82, 2.24) is 16.2 Å². The molecule has 0 aromatic carbocycles. The largest absolute Gasteiger partial charge is 0.391 e. The van der Waals surface area contributed by atoms with Gasteiger partial charge in [-0.3, -0.25) is 10.7 Å². The molecule has 0 radical (unpaired) electrons. The van der Waals surface area contributed by atoms with Crippen LogP contribution < -0.4 is 16.2 Å². The molecule has 0 bridgehead atoms. The van der Waals surface area contributed by atoms with Gasteiger partial charge >= 0.3 is 6.18 Å². The summed E-state index contributed by atoms with van der Waals surface area (Å²) in [5, 5.41) is 3.67. The van der Waals surface area contributed by atoms with Crippen LogP contribution in [0.25, 0.3) is 0 Å². The Kier molecular flexibility index (Phi) is 6.31. The van der Waals surface area contributed by atoms with Gasteiger partial charge in [0.15, 0.2) is 0 Å². The molecule has 2 heterocycles. The molecular weight excluding hydrogens is 355 g/mol. The van der Waals surface area contributed by atoms with Crippen molar-refractivity contribution in [2.45, 2.75) is 88.7 Å².